The number of β-amino-alcohol motifs (C(OH)–C–C–N with tert-alkyl or cyclic N) is 1. The topological polar surface area (TPSA) is 43.8 Å². The molecule has 0 saturated heterocycles. The second-order valence-electron chi connectivity index (χ2n) is 9.02. The average Bonchev–Trinajstić information content (AvgIpc) is 3.64. The van der Waals surface area contributed by atoms with Gasteiger partial charge in [0.25, 0.3) is 0 Å². The van der Waals surface area contributed by atoms with Crippen LogP contribution in [0.25, 0.3) is 5.57 Å². The number of carbonyl (C=O) groups is 1. The van der Waals surface area contributed by atoms with Gasteiger partial charge >= 0.3 is 0 Å². The fourth-order valence-corrected chi connectivity index (χ4v) is 4.76. The molecule has 0 aromatic heterocycles. The number of aliphatic hydroxyl groups is 1. The van der Waals surface area contributed by atoms with Crippen LogP contribution in [0.2, 0.25) is 0 Å². The number of aliphatic hydroxyl groups excluding tert-OH is 1. The van der Waals surface area contributed by atoms with Gasteiger partial charge in [0.1, 0.15) is 5.82 Å². The van der Waals surface area contributed by atoms with Crippen LogP contribution in [0.15, 0.2) is 48.5 Å². The summed E-state index contributed by atoms with van der Waals surface area (Å²) in [5, 5.41) is 10.9. The van der Waals surface area contributed by atoms with Gasteiger partial charge in [0.2, 0.25) is 5.91 Å². The van der Waals surface area contributed by atoms with Crippen molar-refractivity contribution in [2.45, 2.75) is 38.2 Å². The summed E-state index contributed by atoms with van der Waals surface area (Å²) < 4.78 is 13.2. The standard InChI is InChI=1S/C26H29FN2O2/c27-23-8-5-18(6-9-23)19-11-14-28(15-12-19)17-25(30)22-7-10-24-21(16-22)2-1-13-29(24)26(31)20-3-4-20/h5-11,16,20,25,30H,1-4,12-15,17H2. The molecule has 5 rings (SSSR count). The smallest absolute Gasteiger partial charge is 0.230 e. The third-order valence-corrected chi connectivity index (χ3v) is 6.74. The Morgan fingerprint density at radius 1 is 1.10 bits per heavy atom. The number of carbonyl (C=O) groups excluding carboxylic acids is 1. The second kappa shape index (κ2) is 8.56. The molecule has 0 spiro atoms. The first-order valence-electron chi connectivity index (χ1n) is 11.4. The van der Waals surface area contributed by atoms with Crippen molar-refractivity contribution in [2.75, 3.05) is 31.1 Å². The molecule has 3 aliphatic rings. The summed E-state index contributed by atoms with van der Waals surface area (Å²) >= 11 is 0. The number of anilines is 1. The molecular formula is C26H29FN2O2. The molecular weight excluding hydrogens is 391 g/mol. The first-order chi connectivity index (χ1) is 15.1. The predicted molar refractivity (Wildman–Crippen MR) is 120 cm³/mol. The molecule has 1 N–H and O–H groups in total. The molecule has 162 valence electrons. The molecule has 1 atom stereocenters. The summed E-state index contributed by atoms with van der Waals surface area (Å²) in [6.45, 7) is 3.03. The third-order valence-electron chi connectivity index (χ3n) is 6.74. The average molecular weight is 421 g/mol. The van der Waals surface area contributed by atoms with Crippen LogP contribution in [0.5, 0.6) is 0 Å². The highest BCUT2D eigenvalue weighted by Crippen LogP contribution is 2.36. The molecule has 1 saturated carbocycles. The van der Waals surface area contributed by atoms with Gasteiger partial charge in [-0.1, -0.05) is 30.3 Å². The molecule has 0 bridgehead atoms. The summed E-state index contributed by atoms with van der Waals surface area (Å²) in [5.74, 6) is 0.282. The molecule has 0 radical (unpaired) electrons. The minimum Gasteiger partial charge on any atom is -0.387 e. The van der Waals surface area contributed by atoms with E-state index in [1.165, 1.54) is 23.3 Å². The minimum absolute atomic E-state index is 0.213. The molecule has 31 heavy (non-hydrogen) atoms. The zero-order chi connectivity index (χ0) is 21.4. The third kappa shape index (κ3) is 4.43. The Morgan fingerprint density at radius 3 is 2.61 bits per heavy atom. The predicted octanol–water partition coefficient (Wildman–Crippen LogP) is 4.34. The summed E-state index contributed by atoms with van der Waals surface area (Å²) in [7, 11) is 0. The number of hydrogen-bond donors (Lipinski definition) is 1. The van der Waals surface area contributed by atoms with Crippen LogP contribution in [-0.2, 0) is 11.2 Å². The van der Waals surface area contributed by atoms with Crippen molar-refractivity contribution in [3.05, 3.63) is 71.0 Å². The van der Waals surface area contributed by atoms with Crippen molar-refractivity contribution < 1.29 is 14.3 Å². The van der Waals surface area contributed by atoms with E-state index in [1.54, 1.807) is 0 Å². The molecule has 2 aromatic rings. The molecule has 1 amide bonds. The van der Waals surface area contributed by atoms with E-state index in [0.717, 1.165) is 68.6 Å². The maximum atomic E-state index is 13.2. The Morgan fingerprint density at radius 2 is 1.90 bits per heavy atom. The van der Waals surface area contributed by atoms with Gasteiger partial charge in [0, 0.05) is 37.8 Å². The van der Waals surface area contributed by atoms with Crippen LogP contribution in [-0.4, -0.2) is 42.1 Å². The zero-order valence-corrected chi connectivity index (χ0v) is 17.8. The van der Waals surface area contributed by atoms with Gasteiger partial charge in [-0.05, 0) is 72.6 Å². The van der Waals surface area contributed by atoms with Crippen molar-refractivity contribution in [2.24, 2.45) is 5.92 Å². The Labute approximate surface area is 183 Å². The number of nitrogens with zero attached hydrogens (tertiary/aromatic N) is 2. The Balaban J connectivity index is 1.23. The normalized spacial score (nSPS) is 20.2. The van der Waals surface area contributed by atoms with Gasteiger partial charge in [0.15, 0.2) is 0 Å². The van der Waals surface area contributed by atoms with E-state index in [0.29, 0.717) is 6.54 Å². The maximum absolute atomic E-state index is 13.2. The van der Waals surface area contributed by atoms with E-state index >= 15 is 0 Å². The molecule has 4 nitrogen and oxygen atoms in total. The number of benzene rings is 2. The number of amides is 1. The summed E-state index contributed by atoms with van der Waals surface area (Å²) in [5.41, 5.74) is 5.44. The second-order valence-corrected chi connectivity index (χ2v) is 9.02. The number of fused-ring (bicyclic) bond motifs is 1. The van der Waals surface area contributed by atoms with Gasteiger partial charge in [-0.3, -0.25) is 9.69 Å². The van der Waals surface area contributed by atoms with Crippen LogP contribution in [0.1, 0.15) is 48.5 Å². The van der Waals surface area contributed by atoms with Crippen LogP contribution >= 0.6 is 0 Å². The molecule has 2 aromatic carbocycles. The number of rotatable bonds is 5. The monoisotopic (exact) mass is 420 g/mol. The zero-order valence-electron chi connectivity index (χ0n) is 17.8. The first-order valence-corrected chi connectivity index (χ1v) is 11.4. The van der Waals surface area contributed by atoms with Crippen molar-refractivity contribution in [1.29, 1.82) is 0 Å². The lowest BCUT2D eigenvalue weighted by Gasteiger charge is -2.31. The van der Waals surface area contributed by atoms with E-state index in [1.807, 2.05) is 29.2 Å². The summed E-state index contributed by atoms with van der Waals surface area (Å²) in [4.78, 5) is 16.8. The molecule has 2 heterocycles. The van der Waals surface area contributed by atoms with Crippen LogP contribution in [0.4, 0.5) is 10.1 Å². The van der Waals surface area contributed by atoms with E-state index in [4.69, 9.17) is 0 Å². The number of halogens is 1. The van der Waals surface area contributed by atoms with Crippen molar-refractivity contribution in [3.63, 3.8) is 0 Å². The number of hydrogen-bond acceptors (Lipinski definition) is 3. The van der Waals surface area contributed by atoms with Gasteiger partial charge in [0.05, 0.1) is 6.10 Å². The highest BCUT2D eigenvalue weighted by Gasteiger charge is 2.35. The Hall–Kier alpha value is -2.50. The fourth-order valence-electron chi connectivity index (χ4n) is 4.76. The Bertz CT molecular complexity index is 997. The van der Waals surface area contributed by atoms with Crippen LogP contribution < -0.4 is 4.90 Å². The molecule has 2 aliphatic heterocycles. The lowest BCUT2D eigenvalue weighted by molar-refractivity contribution is -0.119. The van der Waals surface area contributed by atoms with Gasteiger partial charge in [-0.2, -0.15) is 0 Å². The van der Waals surface area contributed by atoms with E-state index in [9.17, 15) is 14.3 Å². The Kier molecular flexibility index (Phi) is 5.63. The van der Waals surface area contributed by atoms with E-state index in [2.05, 4.69) is 17.0 Å². The van der Waals surface area contributed by atoms with Crippen molar-refractivity contribution in [3.8, 4) is 0 Å². The summed E-state index contributed by atoms with van der Waals surface area (Å²) in [6.07, 6.45) is 6.49. The largest absolute Gasteiger partial charge is 0.387 e. The number of aryl methyl sites for hydroxylation is 1. The minimum atomic E-state index is -0.555. The first kappa shape index (κ1) is 20.4. The maximum Gasteiger partial charge on any atom is 0.230 e. The molecule has 5 heteroatoms. The fraction of sp³-hybridized carbons (Fsp3) is 0.423. The summed E-state index contributed by atoms with van der Waals surface area (Å²) in [6, 6.07) is 12.8. The highest BCUT2D eigenvalue weighted by molar-refractivity contribution is 5.97. The lowest BCUT2D eigenvalue weighted by Crippen LogP contribution is -2.36. The molecule has 1 fully saturated rings. The van der Waals surface area contributed by atoms with Crippen molar-refractivity contribution in [1.82, 2.24) is 4.90 Å². The molecule has 1 aliphatic carbocycles. The highest BCUT2D eigenvalue weighted by atomic mass is 19.1. The quantitative estimate of drug-likeness (QED) is 0.783. The van der Waals surface area contributed by atoms with E-state index < -0.39 is 6.10 Å². The van der Waals surface area contributed by atoms with Gasteiger partial charge < -0.3 is 10.0 Å². The van der Waals surface area contributed by atoms with E-state index in [-0.39, 0.29) is 17.6 Å². The SMILES string of the molecule is O=C(C1CC1)N1CCCc2cc(C(O)CN3CC=C(c4ccc(F)cc4)CC3)ccc21. The van der Waals surface area contributed by atoms with Gasteiger partial charge in [-0.15, -0.1) is 0 Å². The van der Waals surface area contributed by atoms with Gasteiger partial charge in [-0.25, -0.2) is 4.39 Å². The lowest BCUT2D eigenvalue weighted by atomic mass is 9.96. The van der Waals surface area contributed by atoms with Crippen LogP contribution in [0, 0.1) is 11.7 Å². The van der Waals surface area contributed by atoms with Crippen LogP contribution in [0.3, 0.4) is 0 Å². The van der Waals surface area contributed by atoms with Crippen molar-refractivity contribution >= 4 is 17.2 Å². The molecule has 1 unspecified atom stereocenters.